The highest BCUT2D eigenvalue weighted by Crippen LogP contribution is 2.44. The Morgan fingerprint density at radius 1 is 0.860 bits per heavy atom. The van der Waals surface area contributed by atoms with Gasteiger partial charge in [0.15, 0.2) is 11.7 Å². The summed E-state index contributed by atoms with van der Waals surface area (Å²) >= 11 is 0. The van der Waals surface area contributed by atoms with Gasteiger partial charge in [0.1, 0.15) is 6.61 Å². The Labute approximate surface area is 252 Å². The van der Waals surface area contributed by atoms with E-state index in [0.717, 1.165) is 31.2 Å². The van der Waals surface area contributed by atoms with Crippen molar-refractivity contribution in [2.45, 2.75) is 107 Å². The van der Waals surface area contributed by atoms with Gasteiger partial charge in [-0.05, 0) is 56.2 Å². The molecule has 3 fully saturated rings. The quantitative estimate of drug-likeness (QED) is 0.374. The van der Waals surface area contributed by atoms with E-state index in [0.29, 0.717) is 29.2 Å². The SMILES string of the molecule is O=C(N[C@@H](CO)C(=O)OCc1ccccc1)c1nc2ccccc2n([C@H]2C[C@H]3CC[C@@H](C2)N3C2CCCCCCC2)c1=O. The lowest BCUT2D eigenvalue weighted by Gasteiger charge is -2.45. The molecule has 0 spiro atoms. The van der Waals surface area contributed by atoms with Crippen LogP contribution in [-0.2, 0) is 16.1 Å². The molecule has 9 heteroatoms. The molecule has 0 radical (unpaired) electrons. The summed E-state index contributed by atoms with van der Waals surface area (Å²) in [4.78, 5) is 47.4. The number of nitrogens with zero attached hydrogens (tertiary/aromatic N) is 3. The molecule has 9 nitrogen and oxygen atoms in total. The largest absolute Gasteiger partial charge is 0.459 e. The van der Waals surface area contributed by atoms with Gasteiger partial charge in [-0.25, -0.2) is 9.78 Å². The molecule has 2 saturated heterocycles. The van der Waals surface area contributed by atoms with Gasteiger partial charge in [0.05, 0.1) is 17.6 Å². The molecule has 4 atom stereocenters. The predicted molar refractivity (Wildman–Crippen MR) is 164 cm³/mol. The number of aliphatic hydroxyl groups excluding tert-OH is 1. The summed E-state index contributed by atoms with van der Waals surface area (Å²) in [6.45, 7) is -0.654. The highest BCUT2D eigenvalue weighted by molar-refractivity contribution is 5.96. The van der Waals surface area contributed by atoms with Crippen LogP contribution in [0.1, 0.15) is 92.7 Å². The zero-order chi connectivity index (χ0) is 29.8. The Kier molecular flexibility index (Phi) is 9.19. The summed E-state index contributed by atoms with van der Waals surface area (Å²) < 4.78 is 7.10. The van der Waals surface area contributed by atoms with Crippen LogP contribution in [0.5, 0.6) is 0 Å². The van der Waals surface area contributed by atoms with Crippen LogP contribution in [-0.4, -0.2) is 62.2 Å². The predicted octanol–water partition coefficient (Wildman–Crippen LogP) is 4.51. The summed E-state index contributed by atoms with van der Waals surface area (Å²) in [7, 11) is 0. The van der Waals surface area contributed by atoms with Gasteiger partial charge in [-0.15, -0.1) is 0 Å². The maximum Gasteiger partial charge on any atom is 0.331 e. The van der Waals surface area contributed by atoms with Crippen molar-refractivity contribution < 1.29 is 19.4 Å². The molecular formula is C34H42N4O5. The number of fused-ring (bicyclic) bond motifs is 3. The fourth-order valence-electron chi connectivity index (χ4n) is 7.62. The average Bonchev–Trinajstić information content (AvgIpc) is 3.26. The Morgan fingerprint density at radius 2 is 1.51 bits per heavy atom. The number of esters is 1. The molecule has 1 amide bonds. The van der Waals surface area contributed by atoms with Gasteiger partial charge in [0.2, 0.25) is 0 Å². The lowest BCUT2D eigenvalue weighted by atomic mass is 9.89. The summed E-state index contributed by atoms with van der Waals surface area (Å²) in [5, 5.41) is 12.4. The molecular weight excluding hydrogens is 544 g/mol. The molecule has 3 aromatic rings. The Balaban J connectivity index is 1.22. The van der Waals surface area contributed by atoms with Crippen LogP contribution in [0.3, 0.4) is 0 Å². The molecule has 2 aromatic carbocycles. The highest BCUT2D eigenvalue weighted by atomic mass is 16.5. The van der Waals surface area contributed by atoms with Crippen LogP contribution in [0.15, 0.2) is 59.4 Å². The lowest BCUT2D eigenvalue weighted by molar-refractivity contribution is -0.148. The van der Waals surface area contributed by atoms with Crippen molar-refractivity contribution in [3.8, 4) is 0 Å². The van der Waals surface area contributed by atoms with E-state index in [1.54, 1.807) is 10.6 Å². The number of piperidine rings is 1. The number of aromatic nitrogens is 2. The first-order chi connectivity index (χ1) is 21.0. The number of amides is 1. The first kappa shape index (κ1) is 29.5. The van der Waals surface area contributed by atoms with Crippen molar-refractivity contribution in [3.05, 3.63) is 76.2 Å². The van der Waals surface area contributed by atoms with E-state index in [1.165, 1.54) is 44.9 Å². The Bertz CT molecular complexity index is 1470. The number of ether oxygens (including phenoxy) is 1. The standard InChI is InChI=1S/C34H42N4O5/c39-21-29(34(42)43-22-23-11-5-4-6-12-23)36-32(40)31-33(41)38(30-16-10-9-15-28(30)35-31)27-19-25-17-18-26(20-27)37(25)24-13-7-2-1-3-8-14-24/h4-6,9-12,15-16,24-27,29,39H,1-3,7-8,13-14,17-22H2,(H,36,40)/t25-,26+,27+,29-/m0/s1. The molecule has 2 N–H and O–H groups in total. The zero-order valence-corrected chi connectivity index (χ0v) is 24.7. The van der Waals surface area contributed by atoms with Crippen molar-refractivity contribution in [2.75, 3.05) is 6.61 Å². The second-order valence-electron chi connectivity index (χ2n) is 12.4. The average molecular weight is 587 g/mol. The van der Waals surface area contributed by atoms with Gasteiger partial charge >= 0.3 is 5.97 Å². The number of para-hydroxylation sites is 2. The molecule has 1 aliphatic carbocycles. The van der Waals surface area contributed by atoms with Gasteiger partial charge < -0.3 is 19.7 Å². The van der Waals surface area contributed by atoms with E-state index in [4.69, 9.17) is 4.74 Å². The molecule has 1 saturated carbocycles. The first-order valence-corrected chi connectivity index (χ1v) is 15.9. The Morgan fingerprint density at radius 3 is 2.21 bits per heavy atom. The number of benzene rings is 2. The Hall–Kier alpha value is -3.56. The van der Waals surface area contributed by atoms with Crippen molar-refractivity contribution in [2.24, 2.45) is 0 Å². The van der Waals surface area contributed by atoms with Crippen molar-refractivity contribution in [1.82, 2.24) is 19.8 Å². The number of aliphatic hydroxyl groups is 1. The van der Waals surface area contributed by atoms with Gasteiger partial charge in [0, 0.05) is 24.2 Å². The van der Waals surface area contributed by atoms with Gasteiger partial charge in [-0.3, -0.25) is 14.5 Å². The number of carbonyl (C=O) groups excluding carboxylic acids is 2. The van der Waals surface area contributed by atoms with Gasteiger partial charge in [-0.2, -0.15) is 0 Å². The highest BCUT2D eigenvalue weighted by Gasteiger charge is 2.44. The van der Waals surface area contributed by atoms with Crippen LogP contribution in [0, 0.1) is 0 Å². The number of rotatable bonds is 8. The van der Waals surface area contributed by atoms with Crippen LogP contribution < -0.4 is 10.9 Å². The smallest absolute Gasteiger partial charge is 0.331 e. The van der Waals surface area contributed by atoms with E-state index in [-0.39, 0.29) is 18.3 Å². The van der Waals surface area contributed by atoms with Gasteiger partial charge in [-0.1, -0.05) is 74.6 Å². The third kappa shape index (κ3) is 6.38. The third-order valence-corrected chi connectivity index (χ3v) is 9.63. The van der Waals surface area contributed by atoms with Crippen LogP contribution in [0.25, 0.3) is 11.0 Å². The topological polar surface area (TPSA) is 114 Å². The van der Waals surface area contributed by atoms with E-state index in [2.05, 4.69) is 15.2 Å². The molecule has 2 aliphatic heterocycles. The van der Waals surface area contributed by atoms with E-state index in [9.17, 15) is 19.5 Å². The fraction of sp³-hybridized carbons (Fsp3) is 0.529. The molecule has 228 valence electrons. The van der Waals surface area contributed by atoms with Crippen molar-refractivity contribution in [1.29, 1.82) is 0 Å². The number of carbonyl (C=O) groups is 2. The van der Waals surface area contributed by atoms with E-state index >= 15 is 0 Å². The molecule has 2 bridgehead atoms. The molecule has 6 rings (SSSR count). The number of nitrogens with one attached hydrogen (secondary N) is 1. The maximum absolute atomic E-state index is 14.0. The fourth-order valence-corrected chi connectivity index (χ4v) is 7.62. The minimum absolute atomic E-state index is 0.00889. The van der Waals surface area contributed by atoms with Crippen molar-refractivity contribution in [3.63, 3.8) is 0 Å². The summed E-state index contributed by atoms with van der Waals surface area (Å²) in [6, 6.07) is 16.7. The number of hydrogen-bond acceptors (Lipinski definition) is 7. The van der Waals surface area contributed by atoms with E-state index in [1.807, 2.05) is 48.5 Å². The van der Waals surface area contributed by atoms with Crippen LogP contribution in [0.2, 0.25) is 0 Å². The molecule has 0 unspecified atom stereocenters. The zero-order valence-electron chi connectivity index (χ0n) is 24.7. The second kappa shape index (κ2) is 13.4. The molecule has 43 heavy (non-hydrogen) atoms. The lowest BCUT2D eigenvalue weighted by Crippen LogP contribution is -2.51. The summed E-state index contributed by atoms with van der Waals surface area (Å²) in [5.41, 5.74) is 1.31. The molecule has 3 heterocycles. The molecule has 1 aromatic heterocycles. The van der Waals surface area contributed by atoms with Gasteiger partial charge in [0.25, 0.3) is 11.5 Å². The molecule has 3 aliphatic rings. The summed E-state index contributed by atoms with van der Waals surface area (Å²) in [6.07, 6.45) is 13.2. The van der Waals surface area contributed by atoms with E-state index < -0.39 is 30.1 Å². The minimum Gasteiger partial charge on any atom is -0.459 e. The second-order valence-corrected chi connectivity index (χ2v) is 12.4. The monoisotopic (exact) mass is 586 g/mol. The van der Waals surface area contributed by atoms with Crippen LogP contribution >= 0.6 is 0 Å². The summed E-state index contributed by atoms with van der Waals surface area (Å²) in [5.74, 6) is -1.57. The third-order valence-electron chi connectivity index (χ3n) is 9.63. The normalized spacial score (nSPS) is 23.8. The van der Waals surface area contributed by atoms with Crippen molar-refractivity contribution >= 4 is 22.9 Å². The minimum atomic E-state index is -1.32. The van der Waals surface area contributed by atoms with Crippen LogP contribution in [0.4, 0.5) is 0 Å². The number of hydrogen-bond donors (Lipinski definition) is 2. The first-order valence-electron chi connectivity index (χ1n) is 15.9. The maximum atomic E-state index is 14.0.